The molecule has 2 aromatic rings. The molecule has 1 amide bonds. The van der Waals surface area contributed by atoms with Gasteiger partial charge in [0.15, 0.2) is 0 Å². The molecule has 0 atom stereocenters. The van der Waals surface area contributed by atoms with E-state index in [0.717, 1.165) is 5.56 Å². The van der Waals surface area contributed by atoms with E-state index in [-0.39, 0.29) is 5.91 Å². The number of benzene rings is 2. The normalized spacial score (nSPS) is 9.76. The van der Waals surface area contributed by atoms with Gasteiger partial charge in [-0.05, 0) is 43.7 Å². The highest BCUT2D eigenvalue weighted by molar-refractivity contribution is 5.94. The molecule has 0 aromatic heterocycles. The van der Waals surface area contributed by atoms with Crippen LogP contribution in [-0.2, 0) is 6.54 Å². The van der Waals surface area contributed by atoms with Crippen LogP contribution in [0.2, 0.25) is 0 Å². The molecular formula is C20H20N4O. The highest BCUT2D eigenvalue weighted by atomic mass is 16.2. The Kier molecular flexibility index (Phi) is 6.14. The zero-order valence-electron chi connectivity index (χ0n) is 14.4. The molecule has 0 heterocycles. The molecule has 0 saturated carbocycles. The third-order valence-electron chi connectivity index (χ3n) is 4.03. The van der Waals surface area contributed by atoms with E-state index in [1.807, 2.05) is 26.0 Å². The van der Waals surface area contributed by atoms with Crippen molar-refractivity contribution in [2.24, 2.45) is 0 Å². The van der Waals surface area contributed by atoms with Crippen LogP contribution < -0.4 is 5.32 Å². The Balaban J connectivity index is 2.12. The molecule has 0 saturated heterocycles. The highest BCUT2D eigenvalue weighted by Gasteiger charge is 2.12. The van der Waals surface area contributed by atoms with E-state index in [1.54, 1.807) is 35.2 Å². The molecule has 0 aliphatic carbocycles. The van der Waals surface area contributed by atoms with Gasteiger partial charge in [0.05, 0.1) is 16.8 Å². The van der Waals surface area contributed by atoms with E-state index in [1.165, 1.54) is 0 Å². The molecule has 0 aliphatic rings. The van der Waals surface area contributed by atoms with Crippen molar-refractivity contribution < 1.29 is 4.79 Å². The van der Waals surface area contributed by atoms with E-state index in [0.29, 0.717) is 42.0 Å². The Morgan fingerprint density at radius 3 is 2.04 bits per heavy atom. The second-order valence-corrected chi connectivity index (χ2v) is 5.48. The SMILES string of the molecule is CCN(CC)C(=O)c1ccc(CNc2c(C#N)cccc2C#N)cc1. The van der Waals surface area contributed by atoms with E-state index >= 15 is 0 Å². The number of nitrogens with one attached hydrogen (secondary N) is 1. The summed E-state index contributed by atoms with van der Waals surface area (Å²) in [5, 5.41) is 21.5. The number of amides is 1. The maximum Gasteiger partial charge on any atom is 0.253 e. The molecule has 5 nitrogen and oxygen atoms in total. The van der Waals surface area contributed by atoms with Crippen LogP contribution >= 0.6 is 0 Å². The Morgan fingerprint density at radius 1 is 1.00 bits per heavy atom. The zero-order chi connectivity index (χ0) is 18.2. The largest absolute Gasteiger partial charge is 0.379 e. The summed E-state index contributed by atoms with van der Waals surface area (Å²) in [7, 11) is 0. The average molecular weight is 332 g/mol. The fourth-order valence-electron chi connectivity index (χ4n) is 2.58. The van der Waals surface area contributed by atoms with Crippen LogP contribution in [0.5, 0.6) is 0 Å². The quantitative estimate of drug-likeness (QED) is 0.877. The first kappa shape index (κ1) is 18.0. The van der Waals surface area contributed by atoms with Gasteiger partial charge in [-0.2, -0.15) is 10.5 Å². The van der Waals surface area contributed by atoms with Crippen molar-refractivity contribution in [2.75, 3.05) is 18.4 Å². The predicted molar refractivity (Wildman–Crippen MR) is 96.9 cm³/mol. The molecule has 0 spiro atoms. The van der Waals surface area contributed by atoms with Crippen LogP contribution in [0.25, 0.3) is 0 Å². The summed E-state index contributed by atoms with van der Waals surface area (Å²) in [5.74, 6) is 0.0195. The Bertz CT molecular complexity index is 792. The highest BCUT2D eigenvalue weighted by Crippen LogP contribution is 2.21. The first-order valence-electron chi connectivity index (χ1n) is 8.19. The Morgan fingerprint density at radius 2 is 1.56 bits per heavy atom. The van der Waals surface area contributed by atoms with Gasteiger partial charge in [-0.1, -0.05) is 18.2 Å². The van der Waals surface area contributed by atoms with Crippen LogP contribution in [0, 0.1) is 22.7 Å². The molecule has 0 unspecified atom stereocenters. The van der Waals surface area contributed by atoms with Gasteiger partial charge >= 0.3 is 0 Å². The maximum absolute atomic E-state index is 12.3. The number of carbonyl (C=O) groups is 1. The van der Waals surface area contributed by atoms with Gasteiger partial charge in [-0.15, -0.1) is 0 Å². The molecule has 25 heavy (non-hydrogen) atoms. The van der Waals surface area contributed by atoms with Crippen molar-refractivity contribution in [3.05, 3.63) is 64.7 Å². The van der Waals surface area contributed by atoms with E-state index < -0.39 is 0 Å². The van der Waals surface area contributed by atoms with Gasteiger partial charge in [0.1, 0.15) is 12.1 Å². The van der Waals surface area contributed by atoms with Crippen LogP contribution in [0.4, 0.5) is 5.69 Å². The summed E-state index contributed by atoms with van der Waals surface area (Å²) >= 11 is 0. The van der Waals surface area contributed by atoms with Gasteiger partial charge in [0.2, 0.25) is 0 Å². The van der Waals surface area contributed by atoms with Crippen LogP contribution in [0.15, 0.2) is 42.5 Å². The number of hydrogen-bond donors (Lipinski definition) is 1. The lowest BCUT2D eigenvalue weighted by atomic mass is 10.1. The van der Waals surface area contributed by atoms with Gasteiger partial charge in [-0.3, -0.25) is 4.79 Å². The second-order valence-electron chi connectivity index (χ2n) is 5.48. The second kappa shape index (κ2) is 8.52. The lowest BCUT2D eigenvalue weighted by molar-refractivity contribution is 0.0773. The van der Waals surface area contributed by atoms with Crippen molar-refractivity contribution in [2.45, 2.75) is 20.4 Å². The van der Waals surface area contributed by atoms with Gasteiger partial charge in [0.25, 0.3) is 5.91 Å². The molecule has 0 radical (unpaired) electrons. The number of hydrogen-bond acceptors (Lipinski definition) is 4. The molecule has 126 valence electrons. The molecule has 1 N–H and O–H groups in total. The zero-order valence-corrected chi connectivity index (χ0v) is 14.4. The van der Waals surface area contributed by atoms with Gasteiger partial charge in [-0.25, -0.2) is 0 Å². The standard InChI is InChI=1S/C20H20N4O/c1-3-24(4-2)20(25)16-10-8-15(9-11-16)14-23-19-17(12-21)6-5-7-18(19)13-22/h5-11,23H,3-4,14H2,1-2H3. The first-order valence-corrected chi connectivity index (χ1v) is 8.19. The summed E-state index contributed by atoms with van der Waals surface area (Å²) in [4.78, 5) is 14.1. The molecule has 2 aromatic carbocycles. The smallest absolute Gasteiger partial charge is 0.253 e. The third-order valence-corrected chi connectivity index (χ3v) is 4.03. The van der Waals surface area contributed by atoms with E-state index in [9.17, 15) is 15.3 Å². The molecule has 0 bridgehead atoms. The van der Waals surface area contributed by atoms with Crippen LogP contribution in [-0.4, -0.2) is 23.9 Å². The number of carbonyl (C=O) groups excluding carboxylic acids is 1. The minimum absolute atomic E-state index is 0.0195. The lowest BCUT2D eigenvalue weighted by Crippen LogP contribution is -2.30. The fourth-order valence-corrected chi connectivity index (χ4v) is 2.58. The Hall–Kier alpha value is -3.31. The molecule has 2 rings (SSSR count). The van der Waals surface area contributed by atoms with Crippen LogP contribution in [0.3, 0.4) is 0 Å². The Labute approximate surface area is 148 Å². The van der Waals surface area contributed by atoms with Crippen molar-refractivity contribution in [1.29, 1.82) is 10.5 Å². The molecule has 0 aliphatic heterocycles. The predicted octanol–water partition coefficient (Wildman–Crippen LogP) is 3.52. The van der Waals surface area contributed by atoms with Gasteiger partial charge in [0, 0.05) is 25.2 Å². The van der Waals surface area contributed by atoms with E-state index in [4.69, 9.17) is 0 Å². The van der Waals surface area contributed by atoms with Gasteiger partial charge < -0.3 is 10.2 Å². The fraction of sp³-hybridized carbons (Fsp3) is 0.250. The number of rotatable bonds is 6. The van der Waals surface area contributed by atoms with E-state index in [2.05, 4.69) is 17.5 Å². The van der Waals surface area contributed by atoms with Crippen molar-refractivity contribution in [3.63, 3.8) is 0 Å². The number of anilines is 1. The van der Waals surface area contributed by atoms with Crippen LogP contribution in [0.1, 0.15) is 40.9 Å². The molecular weight excluding hydrogens is 312 g/mol. The lowest BCUT2D eigenvalue weighted by Gasteiger charge is -2.18. The summed E-state index contributed by atoms with van der Waals surface area (Å²) in [6.45, 7) is 5.74. The van der Waals surface area contributed by atoms with Crippen molar-refractivity contribution in [3.8, 4) is 12.1 Å². The number of nitriles is 2. The summed E-state index contributed by atoms with van der Waals surface area (Å²) in [6, 6.07) is 16.6. The summed E-state index contributed by atoms with van der Waals surface area (Å²) in [6.07, 6.45) is 0. The number of para-hydroxylation sites is 1. The molecule has 0 fully saturated rings. The topological polar surface area (TPSA) is 79.9 Å². The average Bonchev–Trinajstić information content (AvgIpc) is 2.67. The summed E-state index contributed by atoms with van der Waals surface area (Å²) in [5.41, 5.74) is 3.03. The molecule has 5 heteroatoms. The minimum atomic E-state index is 0.0195. The minimum Gasteiger partial charge on any atom is -0.379 e. The van der Waals surface area contributed by atoms with Crippen molar-refractivity contribution in [1.82, 2.24) is 4.90 Å². The first-order chi connectivity index (χ1) is 12.1. The van der Waals surface area contributed by atoms with Crippen molar-refractivity contribution >= 4 is 11.6 Å². The maximum atomic E-state index is 12.3. The summed E-state index contributed by atoms with van der Waals surface area (Å²) < 4.78 is 0. The monoisotopic (exact) mass is 332 g/mol. The number of nitrogens with zero attached hydrogens (tertiary/aromatic N) is 3. The third kappa shape index (κ3) is 4.16.